The van der Waals surface area contributed by atoms with Crippen molar-refractivity contribution in [3.8, 4) is 0 Å². The average Bonchev–Trinajstić information content (AvgIpc) is 3.46. The molecule has 4 nitrogen and oxygen atoms in total. The van der Waals surface area contributed by atoms with Crippen molar-refractivity contribution in [2.45, 2.75) is 89.7 Å². The molecule has 1 N–H and O–H groups in total. The van der Waals surface area contributed by atoms with Gasteiger partial charge in [0.2, 0.25) is 5.91 Å². The lowest BCUT2D eigenvalue weighted by Gasteiger charge is -2.30. The van der Waals surface area contributed by atoms with Gasteiger partial charge in [0.25, 0.3) is 5.22 Å². The highest BCUT2D eigenvalue weighted by molar-refractivity contribution is 7.99. The number of nitrogens with one attached hydrogen (secondary N) is 1. The summed E-state index contributed by atoms with van der Waals surface area (Å²) in [7, 11) is 0. The first-order valence-corrected chi connectivity index (χ1v) is 13.8. The van der Waals surface area contributed by atoms with E-state index in [1.807, 2.05) is 24.3 Å². The number of anilines is 1. The number of unbranched alkanes of at least 4 members (excludes halogenated alkanes) is 1. The van der Waals surface area contributed by atoms with E-state index in [1.54, 1.807) is 11.8 Å². The number of carbonyl (C=O) groups is 1. The number of rotatable bonds is 10. The van der Waals surface area contributed by atoms with E-state index in [-0.39, 0.29) is 11.3 Å². The summed E-state index contributed by atoms with van der Waals surface area (Å²) < 4.78 is 5.82. The molecule has 1 saturated carbocycles. The van der Waals surface area contributed by atoms with Crippen LogP contribution in [0.1, 0.15) is 95.6 Å². The maximum atomic E-state index is 13.7. The van der Waals surface area contributed by atoms with E-state index in [1.165, 1.54) is 11.1 Å². The van der Waals surface area contributed by atoms with E-state index in [0.717, 1.165) is 72.7 Å². The molecule has 1 aromatic heterocycles. The molecule has 34 heavy (non-hydrogen) atoms. The fourth-order valence-electron chi connectivity index (χ4n) is 5.22. The standard InChI is InChI=1S/C29H38N2O2S/c1-20(2)22-12-11-13-23(21(3)4)26(22)31-27(32)29(16-7-8-17-29)18-9-10-19-34-28-30-24-14-5-6-15-25(24)33-28/h5-6,11-15,20-21H,7-10,16-19H2,1-4H3,(H,31,32). The second kappa shape index (κ2) is 11.0. The van der Waals surface area contributed by atoms with E-state index in [9.17, 15) is 4.79 Å². The fraction of sp³-hybridized carbons (Fsp3) is 0.517. The predicted octanol–water partition coefficient (Wildman–Crippen LogP) is 8.54. The van der Waals surface area contributed by atoms with Crippen LogP contribution >= 0.6 is 11.8 Å². The Bertz CT molecular complexity index is 1050. The van der Waals surface area contributed by atoms with E-state index in [0.29, 0.717) is 11.8 Å². The number of para-hydroxylation sites is 3. The van der Waals surface area contributed by atoms with E-state index in [4.69, 9.17) is 4.42 Å². The Morgan fingerprint density at radius 2 is 1.68 bits per heavy atom. The van der Waals surface area contributed by atoms with Gasteiger partial charge in [-0.3, -0.25) is 4.79 Å². The molecule has 0 bridgehead atoms. The summed E-state index contributed by atoms with van der Waals surface area (Å²) in [5.41, 5.74) is 5.05. The molecule has 5 heteroatoms. The topological polar surface area (TPSA) is 55.1 Å². The number of carbonyl (C=O) groups excluding carboxylic acids is 1. The largest absolute Gasteiger partial charge is 0.431 e. The molecule has 0 unspecified atom stereocenters. The highest BCUT2D eigenvalue weighted by atomic mass is 32.2. The molecule has 1 aliphatic carbocycles. The molecule has 0 radical (unpaired) electrons. The van der Waals surface area contributed by atoms with Crippen molar-refractivity contribution in [3.63, 3.8) is 0 Å². The SMILES string of the molecule is CC(C)c1cccc(C(C)C)c1NC(=O)C1(CCCCSc2nc3ccccc3o2)CCCC1. The monoisotopic (exact) mass is 478 g/mol. The van der Waals surface area contributed by atoms with Crippen molar-refractivity contribution in [1.29, 1.82) is 0 Å². The molecule has 0 saturated heterocycles. The number of amides is 1. The molecule has 182 valence electrons. The lowest BCUT2D eigenvalue weighted by Crippen LogP contribution is -2.34. The van der Waals surface area contributed by atoms with Gasteiger partial charge in [-0.05, 0) is 60.8 Å². The van der Waals surface area contributed by atoms with Gasteiger partial charge in [0.15, 0.2) is 5.58 Å². The minimum atomic E-state index is -0.235. The third-order valence-corrected chi connectivity index (χ3v) is 8.12. The molecule has 4 rings (SSSR count). The second-order valence-corrected chi connectivity index (χ2v) is 11.4. The molecule has 2 aromatic carbocycles. The van der Waals surface area contributed by atoms with Crippen LogP contribution < -0.4 is 5.32 Å². The lowest BCUT2D eigenvalue weighted by molar-refractivity contribution is -0.125. The Morgan fingerprint density at radius 3 is 2.32 bits per heavy atom. The van der Waals surface area contributed by atoms with E-state index in [2.05, 4.69) is 56.2 Å². The Balaban J connectivity index is 1.38. The molecule has 1 amide bonds. The van der Waals surface area contributed by atoms with Gasteiger partial charge >= 0.3 is 0 Å². The quantitative estimate of drug-likeness (QED) is 0.234. The molecular formula is C29H38N2O2S. The Morgan fingerprint density at radius 1 is 1.00 bits per heavy atom. The molecule has 0 spiro atoms. The van der Waals surface area contributed by atoms with Crippen molar-refractivity contribution < 1.29 is 9.21 Å². The molecule has 3 aromatic rings. The number of hydrogen-bond donors (Lipinski definition) is 1. The third-order valence-electron chi connectivity index (χ3n) is 7.20. The van der Waals surface area contributed by atoms with Gasteiger partial charge in [-0.2, -0.15) is 0 Å². The number of fused-ring (bicyclic) bond motifs is 1. The summed E-state index contributed by atoms with van der Waals surface area (Å²) in [5, 5.41) is 4.17. The Labute approximate surface area is 208 Å². The number of nitrogens with zero attached hydrogens (tertiary/aromatic N) is 1. The van der Waals surface area contributed by atoms with Crippen LogP contribution in [0.5, 0.6) is 0 Å². The van der Waals surface area contributed by atoms with Crippen molar-refractivity contribution in [2.24, 2.45) is 5.41 Å². The van der Waals surface area contributed by atoms with Crippen LogP contribution in [0.2, 0.25) is 0 Å². The summed E-state index contributed by atoms with van der Waals surface area (Å²) in [6.07, 6.45) is 7.34. The Hall–Kier alpha value is -2.27. The van der Waals surface area contributed by atoms with Crippen LogP contribution in [0.25, 0.3) is 11.1 Å². The summed E-state index contributed by atoms with van der Waals surface area (Å²) in [4.78, 5) is 18.3. The highest BCUT2D eigenvalue weighted by Crippen LogP contribution is 2.44. The highest BCUT2D eigenvalue weighted by Gasteiger charge is 2.40. The molecular weight excluding hydrogens is 440 g/mol. The van der Waals surface area contributed by atoms with Crippen molar-refractivity contribution in [3.05, 3.63) is 53.6 Å². The van der Waals surface area contributed by atoms with Crippen LogP contribution in [0, 0.1) is 5.41 Å². The van der Waals surface area contributed by atoms with Crippen molar-refractivity contribution in [2.75, 3.05) is 11.1 Å². The number of benzene rings is 2. The zero-order valence-corrected chi connectivity index (χ0v) is 21.8. The van der Waals surface area contributed by atoms with Crippen LogP contribution in [0.4, 0.5) is 5.69 Å². The first-order chi connectivity index (χ1) is 16.4. The minimum Gasteiger partial charge on any atom is -0.431 e. The average molecular weight is 479 g/mol. The van der Waals surface area contributed by atoms with Crippen molar-refractivity contribution >= 4 is 34.5 Å². The van der Waals surface area contributed by atoms with Crippen LogP contribution in [-0.2, 0) is 4.79 Å². The third kappa shape index (κ3) is 5.51. The van der Waals surface area contributed by atoms with E-state index < -0.39 is 0 Å². The van der Waals surface area contributed by atoms with Gasteiger partial charge in [0.1, 0.15) is 5.52 Å². The zero-order chi connectivity index (χ0) is 24.1. The molecule has 0 atom stereocenters. The van der Waals surface area contributed by atoms with Crippen LogP contribution in [0.3, 0.4) is 0 Å². The number of hydrogen-bond acceptors (Lipinski definition) is 4. The number of thioether (sulfide) groups is 1. The molecule has 1 fully saturated rings. The van der Waals surface area contributed by atoms with Crippen molar-refractivity contribution in [1.82, 2.24) is 4.98 Å². The lowest BCUT2D eigenvalue weighted by atomic mass is 9.79. The number of oxazole rings is 1. The molecule has 1 aliphatic rings. The smallest absolute Gasteiger partial charge is 0.256 e. The summed E-state index contributed by atoms with van der Waals surface area (Å²) in [5.74, 6) is 1.93. The van der Waals surface area contributed by atoms with Crippen LogP contribution in [0.15, 0.2) is 52.1 Å². The van der Waals surface area contributed by atoms with Gasteiger partial charge in [-0.15, -0.1) is 0 Å². The first-order valence-electron chi connectivity index (χ1n) is 12.8. The molecule has 0 aliphatic heterocycles. The summed E-state index contributed by atoms with van der Waals surface area (Å²) in [6, 6.07) is 14.3. The fourth-order valence-corrected chi connectivity index (χ4v) is 6.06. The maximum absolute atomic E-state index is 13.7. The van der Waals surface area contributed by atoms with E-state index >= 15 is 0 Å². The normalized spacial score (nSPS) is 15.5. The van der Waals surface area contributed by atoms with Gasteiger partial charge in [0.05, 0.1) is 0 Å². The Kier molecular flexibility index (Phi) is 8.02. The first kappa shape index (κ1) is 24.8. The predicted molar refractivity (Wildman–Crippen MR) is 143 cm³/mol. The van der Waals surface area contributed by atoms with Gasteiger partial charge in [-0.25, -0.2) is 4.98 Å². The summed E-state index contributed by atoms with van der Waals surface area (Å²) >= 11 is 1.67. The summed E-state index contributed by atoms with van der Waals surface area (Å²) in [6.45, 7) is 8.81. The van der Waals surface area contributed by atoms with Gasteiger partial charge in [0, 0.05) is 16.9 Å². The van der Waals surface area contributed by atoms with Gasteiger partial charge < -0.3 is 9.73 Å². The molecule has 1 heterocycles. The van der Waals surface area contributed by atoms with Gasteiger partial charge in [-0.1, -0.05) is 89.1 Å². The zero-order valence-electron chi connectivity index (χ0n) is 21.0. The maximum Gasteiger partial charge on any atom is 0.256 e. The second-order valence-electron chi connectivity index (χ2n) is 10.3. The minimum absolute atomic E-state index is 0.228. The number of aromatic nitrogens is 1. The van der Waals surface area contributed by atoms with Crippen LogP contribution in [-0.4, -0.2) is 16.6 Å².